The summed E-state index contributed by atoms with van der Waals surface area (Å²) in [6.07, 6.45) is 75.2. The lowest BCUT2D eigenvalue weighted by Gasteiger charge is -2.18. The minimum Gasteiger partial charge on any atom is -0.462 e. The molecule has 64 heavy (non-hydrogen) atoms. The summed E-state index contributed by atoms with van der Waals surface area (Å²) in [5, 5.41) is 0. The van der Waals surface area contributed by atoms with E-state index in [1.807, 2.05) is 6.08 Å². The van der Waals surface area contributed by atoms with E-state index in [0.29, 0.717) is 19.4 Å². The van der Waals surface area contributed by atoms with Gasteiger partial charge >= 0.3 is 11.9 Å². The summed E-state index contributed by atoms with van der Waals surface area (Å²) in [5.41, 5.74) is 0. The summed E-state index contributed by atoms with van der Waals surface area (Å²) in [6, 6.07) is 0. The molecule has 0 aromatic heterocycles. The third kappa shape index (κ3) is 50.9. The van der Waals surface area contributed by atoms with E-state index in [1.54, 1.807) is 0 Å². The van der Waals surface area contributed by atoms with Crippen molar-refractivity contribution in [2.45, 2.75) is 219 Å². The molecular weight excluding hydrogens is 789 g/mol. The Bertz CT molecular complexity index is 1320. The Hall–Kier alpha value is -3.70. The fourth-order valence-corrected chi connectivity index (χ4v) is 6.67. The standard InChI is InChI=1S/C59H96O5/c1-4-7-10-13-16-19-22-25-27-29-31-33-36-39-42-45-48-51-54-62-55-57(64-59(61)53-50-47-44-41-38-34-24-21-18-15-12-9-6-3)56-63-58(60)52-49-46-43-40-37-35-32-30-28-26-23-20-17-14-11-8-5-2/h8-9,11-12,17-18,20-21,25-28,32,34-35,38,40,43-44,47,57H,4-7,10,13-16,19,22-24,29-31,33,36-37,39,41-42,45-46,48-56H2,1-3H3/b11-8-,12-9-,20-17-,21-18-,27-25-,28-26-,35-32-,38-34-,43-40-,47-44-. The summed E-state index contributed by atoms with van der Waals surface area (Å²) in [6.45, 7) is 7.44. The summed E-state index contributed by atoms with van der Waals surface area (Å²) in [7, 11) is 0. The number of allylic oxidation sites excluding steroid dienone is 20. The van der Waals surface area contributed by atoms with Crippen LogP contribution in [0.2, 0.25) is 0 Å². The molecule has 0 heterocycles. The summed E-state index contributed by atoms with van der Waals surface area (Å²) in [4.78, 5) is 25.3. The second kappa shape index (κ2) is 53.6. The summed E-state index contributed by atoms with van der Waals surface area (Å²) >= 11 is 0. The molecule has 0 bridgehead atoms. The molecule has 0 radical (unpaired) electrons. The van der Waals surface area contributed by atoms with Gasteiger partial charge in [0.25, 0.3) is 0 Å². The van der Waals surface area contributed by atoms with Gasteiger partial charge in [-0.15, -0.1) is 0 Å². The molecule has 1 atom stereocenters. The molecule has 1 unspecified atom stereocenters. The fourth-order valence-electron chi connectivity index (χ4n) is 6.67. The van der Waals surface area contributed by atoms with E-state index >= 15 is 0 Å². The highest BCUT2D eigenvalue weighted by molar-refractivity contribution is 5.70. The van der Waals surface area contributed by atoms with E-state index in [4.69, 9.17) is 14.2 Å². The number of hydrogen-bond acceptors (Lipinski definition) is 5. The van der Waals surface area contributed by atoms with E-state index < -0.39 is 6.10 Å². The van der Waals surface area contributed by atoms with Crippen molar-refractivity contribution in [2.75, 3.05) is 19.8 Å². The third-order valence-corrected chi connectivity index (χ3v) is 10.5. The third-order valence-electron chi connectivity index (χ3n) is 10.5. The lowest BCUT2D eigenvalue weighted by atomic mass is 10.1. The van der Waals surface area contributed by atoms with Crippen LogP contribution in [0.5, 0.6) is 0 Å². The minimum absolute atomic E-state index is 0.0190. The number of carbonyl (C=O) groups is 2. The SMILES string of the molecule is CC/C=C\C/C=C\C/C=C\C/C=C\C/C=C\CCCC(=O)OCC(COCCCCCCCCCC/C=C\CCCCCCCC)OC(=O)CC/C=C\C/C=C\C/C=C\C/C=C\CC. The van der Waals surface area contributed by atoms with Gasteiger partial charge in [-0.3, -0.25) is 9.59 Å². The van der Waals surface area contributed by atoms with Crippen molar-refractivity contribution in [3.8, 4) is 0 Å². The molecule has 0 rings (SSSR count). The van der Waals surface area contributed by atoms with Crippen LogP contribution in [-0.4, -0.2) is 37.9 Å². The maximum Gasteiger partial charge on any atom is 0.306 e. The molecule has 0 aliphatic rings. The molecule has 5 nitrogen and oxygen atoms in total. The normalized spacial score (nSPS) is 13.2. The Labute approximate surface area is 395 Å². The van der Waals surface area contributed by atoms with Crippen molar-refractivity contribution in [1.82, 2.24) is 0 Å². The van der Waals surface area contributed by atoms with E-state index in [0.717, 1.165) is 83.5 Å². The predicted octanol–water partition coefficient (Wildman–Crippen LogP) is 17.8. The zero-order valence-corrected chi connectivity index (χ0v) is 41.5. The van der Waals surface area contributed by atoms with Crippen LogP contribution in [0.1, 0.15) is 213 Å². The van der Waals surface area contributed by atoms with E-state index in [1.165, 1.54) is 89.9 Å². The predicted molar refractivity (Wildman–Crippen MR) is 279 cm³/mol. The maximum absolute atomic E-state index is 12.8. The number of hydrogen-bond donors (Lipinski definition) is 0. The molecule has 0 aliphatic heterocycles. The first-order valence-electron chi connectivity index (χ1n) is 26.1. The van der Waals surface area contributed by atoms with Crippen LogP contribution in [0.3, 0.4) is 0 Å². The van der Waals surface area contributed by atoms with Gasteiger partial charge in [0.1, 0.15) is 6.61 Å². The number of rotatable bonds is 46. The fraction of sp³-hybridized carbons (Fsp3) is 0.627. The van der Waals surface area contributed by atoms with Crippen LogP contribution in [0.4, 0.5) is 0 Å². The van der Waals surface area contributed by atoms with Gasteiger partial charge in [-0.05, 0) is 109 Å². The number of carbonyl (C=O) groups excluding carboxylic acids is 2. The maximum atomic E-state index is 12.8. The topological polar surface area (TPSA) is 61.8 Å². The van der Waals surface area contributed by atoms with Crippen molar-refractivity contribution in [3.05, 3.63) is 122 Å². The molecule has 362 valence electrons. The molecular formula is C59H96O5. The van der Waals surface area contributed by atoms with Gasteiger partial charge in [0.05, 0.1) is 6.61 Å². The van der Waals surface area contributed by atoms with Crippen molar-refractivity contribution in [3.63, 3.8) is 0 Å². The van der Waals surface area contributed by atoms with Crippen molar-refractivity contribution in [1.29, 1.82) is 0 Å². The molecule has 0 amide bonds. The van der Waals surface area contributed by atoms with Gasteiger partial charge in [-0.1, -0.05) is 213 Å². The van der Waals surface area contributed by atoms with Crippen molar-refractivity contribution in [2.24, 2.45) is 0 Å². The second-order valence-electron chi connectivity index (χ2n) is 16.7. The quantitative estimate of drug-likeness (QED) is 0.0346. The molecule has 0 aromatic rings. The molecule has 0 saturated carbocycles. The van der Waals surface area contributed by atoms with Crippen LogP contribution in [0, 0.1) is 0 Å². The van der Waals surface area contributed by atoms with E-state index in [2.05, 4.69) is 136 Å². The van der Waals surface area contributed by atoms with Gasteiger partial charge in [0, 0.05) is 19.4 Å². The molecule has 0 aliphatic carbocycles. The summed E-state index contributed by atoms with van der Waals surface area (Å²) < 4.78 is 17.3. The van der Waals surface area contributed by atoms with Crippen molar-refractivity contribution >= 4 is 11.9 Å². The van der Waals surface area contributed by atoms with Gasteiger partial charge in [-0.25, -0.2) is 0 Å². The van der Waals surface area contributed by atoms with Crippen LogP contribution in [0.25, 0.3) is 0 Å². The van der Waals surface area contributed by atoms with E-state index in [9.17, 15) is 9.59 Å². The summed E-state index contributed by atoms with van der Waals surface area (Å²) in [5.74, 6) is -0.567. The lowest BCUT2D eigenvalue weighted by Crippen LogP contribution is -2.30. The lowest BCUT2D eigenvalue weighted by molar-refractivity contribution is -0.162. The molecule has 0 fully saturated rings. The monoisotopic (exact) mass is 885 g/mol. The van der Waals surface area contributed by atoms with Crippen LogP contribution in [-0.2, 0) is 23.8 Å². The smallest absolute Gasteiger partial charge is 0.306 e. The Kier molecular flexibility index (Phi) is 50.5. The van der Waals surface area contributed by atoms with Gasteiger partial charge in [0.2, 0.25) is 0 Å². The highest BCUT2D eigenvalue weighted by Crippen LogP contribution is 2.12. The average Bonchev–Trinajstić information content (AvgIpc) is 3.30. The Balaban J connectivity index is 4.44. The molecule has 5 heteroatoms. The first kappa shape index (κ1) is 60.3. The van der Waals surface area contributed by atoms with E-state index in [-0.39, 0.29) is 31.6 Å². The average molecular weight is 885 g/mol. The Morgan fingerprint density at radius 2 is 0.734 bits per heavy atom. The van der Waals surface area contributed by atoms with Crippen molar-refractivity contribution < 1.29 is 23.8 Å². The van der Waals surface area contributed by atoms with Crippen LogP contribution < -0.4 is 0 Å². The zero-order chi connectivity index (χ0) is 46.3. The Morgan fingerprint density at radius 1 is 0.359 bits per heavy atom. The first-order valence-corrected chi connectivity index (χ1v) is 26.1. The minimum atomic E-state index is -0.606. The van der Waals surface area contributed by atoms with Crippen LogP contribution in [0.15, 0.2) is 122 Å². The molecule has 0 spiro atoms. The second-order valence-corrected chi connectivity index (χ2v) is 16.7. The molecule has 0 N–H and O–H groups in total. The number of ether oxygens (including phenoxy) is 3. The van der Waals surface area contributed by atoms with Gasteiger partial charge < -0.3 is 14.2 Å². The highest BCUT2D eigenvalue weighted by Gasteiger charge is 2.17. The van der Waals surface area contributed by atoms with Gasteiger partial charge in [0.15, 0.2) is 6.10 Å². The number of esters is 2. The molecule has 0 aromatic carbocycles. The Morgan fingerprint density at radius 3 is 1.20 bits per heavy atom. The molecule has 0 saturated heterocycles. The first-order chi connectivity index (χ1) is 31.6. The van der Waals surface area contributed by atoms with Crippen LogP contribution >= 0.6 is 0 Å². The highest BCUT2D eigenvalue weighted by atomic mass is 16.6. The largest absolute Gasteiger partial charge is 0.462 e. The van der Waals surface area contributed by atoms with Gasteiger partial charge in [-0.2, -0.15) is 0 Å². The zero-order valence-electron chi connectivity index (χ0n) is 41.5. The number of unbranched alkanes of at least 4 members (excludes halogenated alkanes) is 15.